The zero-order valence-electron chi connectivity index (χ0n) is 19.8. The fraction of sp³-hybridized carbons (Fsp3) is 0.192. The number of nitriles is 1. The van der Waals surface area contributed by atoms with E-state index in [1.165, 1.54) is 6.07 Å². The number of imidazole rings is 1. The Kier molecular flexibility index (Phi) is 6.19. The van der Waals surface area contributed by atoms with Gasteiger partial charge in [-0.3, -0.25) is 4.79 Å². The van der Waals surface area contributed by atoms with Crippen molar-refractivity contribution in [2.45, 2.75) is 38.1 Å². The van der Waals surface area contributed by atoms with Crippen molar-refractivity contribution in [1.29, 1.82) is 5.26 Å². The van der Waals surface area contributed by atoms with Crippen LogP contribution < -0.4 is 10.0 Å². The summed E-state index contributed by atoms with van der Waals surface area (Å²) in [6.07, 6.45) is 0. The summed E-state index contributed by atoms with van der Waals surface area (Å²) in [5.41, 5.74) is 2.88. The summed E-state index contributed by atoms with van der Waals surface area (Å²) in [6, 6.07) is 18.9. The molecule has 1 heterocycles. The van der Waals surface area contributed by atoms with Crippen LogP contribution in [-0.4, -0.2) is 29.8 Å². The van der Waals surface area contributed by atoms with Gasteiger partial charge in [0.1, 0.15) is 11.3 Å². The number of anilines is 1. The Morgan fingerprint density at radius 2 is 1.74 bits per heavy atom. The van der Waals surface area contributed by atoms with E-state index in [4.69, 9.17) is 0 Å². The molecule has 4 aromatic rings. The lowest BCUT2D eigenvalue weighted by Crippen LogP contribution is -2.40. The zero-order valence-corrected chi connectivity index (χ0v) is 20.6. The molecule has 0 aliphatic heterocycles. The van der Waals surface area contributed by atoms with Gasteiger partial charge in [0.2, 0.25) is 10.0 Å². The molecule has 0 aliphatic carbocycles. The van der Waals surface area contributed by atoms with Gasteiger partial charge in [0.05, 0.1) is 27.6 Å². The Hall–Kier alpha value is -4.00. The Morgan fingerprint density at radius 1 is 1.06 bits per heavy atom. The number of hydrogen-bond donors (Lipinski definition) is 3. The van der Waals surface area contributed by atoms with E-state index in [0.717, 1.165) is 0 Å². The molecule has 9 heteroatoms. The summed E-state index contributed by atoms with van der Waals surface area (Å²) in [5, 5.41) is 12.1. The quantitative estimate of drug-likeness (QED) is 0.375. The Balaban J connectivity index is 1.63. The topological polar surface area (TPSA) is 128 Å². The number of benzene rings is 3. The zero-order chi connectivity index (χ0) is 25.4. The van der Waals surface area contributed by atoms with Gasteiger partial charge in [-0.15, -0.1) is 0 Å². The van der Waals surface area contributed by atoms with Crippen LogP contribution in [0.3, 0.4) is 0 Å². The molecule has 0 saturated carbocycles. The first-order chi connectivity index (χ1) is 16.5. The maximum absolute atomic E-state index is 13.0. The third kappa shape index (κ3) is 5.24. The molecule has 1 aromatic heterocycles. The average molecular weight is 488 g/mol. The first kappa shape index (κ1) is 24.1. The van der Waals surface area contributed by atoms with E-state index in [-0.39, 0.29) is 10.5 Å². The molecule has 0 radical (unpaired) electrons. The summed E-state index contributed by atoms with van der Waals surface area (Å²) in [4.78, 5) is 20.6. The molecular formula is C26H25N5O3S. The average Bonchev–Trinajstić information content (AvgIpc) is 3.17. The molecule has 0 unspecified atom stereocenters. The van der Waals surface area contributed by atoms with Gasteiger partial charge in [0.15, 0.2) is 0 Å². The summed E-state index contributed by atoms with van der Waals surface area (Å²) in [5.74, 6) is 0.242. The molecule has 35 heavy (non-hydrogen) atoms. The van der Waals surface area contributed by atoms with Crippen LogP contribution in [-0.2, 0) is 10.0 Å². The van der Waals surface area contributed by atoms with Crippen molar-refractivity contribution in [1.82, 2.24) is 14.7 Å². The molecule has 0 bridgehead atoms. The van der Waals surface area contributed by atoms with Crippen molar-refractivity contribution in [2.24, 2.45) is 0 Å². The van der Waals surface area contributed by atoms with Gasteiger partial charge in [-0.1, -0.05) is 30.3 Å². The number of sulfonamides is 1. The van der Waals surface area contributed by atoms with E-state index >= 15 is 0 Å². The molecule has 178 valence electrons. The van der Waals surface area contributed by atoms with Gasteiger partial charge < -0.3 is 10.3 Å². The molecule has 4 rings (SSSR count). The van der Waals surface area contributed by atoms with Crippen LogP contribution >= 0.6 is 0 Å². The van der Waals surface area contributed by atoms with E-state index in [2.05, 4.69) is 26.1 Å². The highest BCUT2D eigenvalue weighted by atomic mass is 32.2. The molecule has 8 nitrogen and oxygen atoms in total. The number of aryl methyl sites for hydroxylation is 1. The minimum absolute atomic E-state index is 0.177. The molecule has 3 aromatic carbocycles. The van der Waals surface area contributed by atoms with Gasteiger partial charge in [-0.2, -0.15) is 5.26 Å². The van der Waals surface area contributed by atoms with E-state index in [9.17, 15) is 18.5 Å². The Bertz CT molecular complexity index is 1570. The van der Waals surface area contributed by atoms with E-state index < -0.39 is 21.5 Å². The number of H-pyrrole nitrogens is 1. The van der Waals surface area contributed by atoms with Crippen LogP contribution in [0.25, 0.3) is 22.2 Å². The second kappa shape index (κ2) is 8.98. The number of carbonyl (C=O) groups excluding carboxylic acids is 1. The Labute approximate surface area is 204 Å². The largest absolute Gasteiger partial charge is 0.342 e. The highest BCUT2D eigenvalue weighted by molar-refractivity contribution is 7.89. The second-order valence-corrected chi connectivity index (χ2v) is 10.9. The van der Waals surface area contributed by atoms with Crippen molar-refractivity contribution in [3.8, 4) is 17.2 Å². The summed E-state index contributed by atoms with van der Waals surface area (Å²) >= 11 is 0. The number of nitrogens with one attached hydrogen (secondary N) is 3. The van der Waals surface area contributed by atoms with Crippen molar-refractivity contribution >= 4 is 32.7 Å². The monoisotopic (exact) mass is 487 g/mol. The Morgan fingerprint density at radius 3 is 2.40 bits per heavy atom. The van der Waals surface area contributed by atoms with Gasteiger partial charge >= 0.3 is 0 Å². The van der Waals surface area contributed by atoms with Crippen molar-refractivity contribution in [3.05, 3.63) is 77.6 Å². The van der Waals surface area contributed by atoms with Crippen molar-refractivity contribution in [3.63, 3.8) is 0 Å². The van der Waals surface area contributed by atoms with Crippen LogP contribution in [0.15, 0.2) is 65.6 Å². The van der Waals surface area contributed by atoms with Crippen LogP contribution in [0.1, 0.15) is 42.5 Å². The molecule has 0 atom stereocenters. The predicted octanol–water partition coefficient (Wildman–Crippen LogP) is 4.74. The molecule has 3 N–H and O–H groups in total. The second-order valence-electron chi connectivity index (χ2n) is 9.24. The minimum atomic E-state index is -3.74. The van der Waals surface area contributed by atoms with Crippen LogP contribution in [0, 0.1) is 18.3 Å². The summed E-state index contributed by atoms with van der Waals surface area (Å²) < 4.78 is 28.6. The maximum Gasteiger partial charge on any atom is 0.257 e. The van der Waals surface area contributed by atoms with Gasteiger partial charge in [0.25, 0.3) is 5.91 Å². The standard InChI is InChI=1S/C26H25N5O3S/c1-16-28-22-14-17(15-27)13-21(24(22)29-16)25(32)30-19-11-9-18(10-12-19)20-7-5-6-8-23(20)35(33,34)31-26(2,3)4/h5-14,31H,1-4H3,(H,28,29)(H,30,32). The smallest absolute Gasteiger partial charge is 0.257 e. The molecule has 0 aliphatic rings. The van der Waals surface area contributed by atoms with E-state index in [0.29, 0.717) is 39.2 Å². The van der Waals surface area contributed by atoms with Crippen molar-refractivity contribution in [2.75, 3.05) is 5.32 Å². The number of carbonyl (C=O) groups is 1. The normalized spacial score (nSPS) is 11.9. The van der Waals surface area contributed by atoms with Gasteiger partial charge in [-0.25, -0.2) is 18.1 Å². The lowest BCUT2D eigenvalue weighted by Gasteiger charge is -2.21. The molecule has 0 saturated heterocycles. The number of hydrogen-bond acceptors (Lipinski definition) is 5. The highest BCUT2D eigenvalue weighted by Crippen LogP contribution is 2.29. The molecule has 1 amide bonds. The lowest BCUT2D eigenvalue weighted by molar-refractivity contribution is 0.102. The molecular weight excluding hydrogens is 462 g/mol. The number of amides is 1. The fourth-order valence-electron chi connectivity index (χ4n) is 3.81. The highest BCUT2D eigenvalue weighted by Gasteiger charge is 2.24. The first-order valence-electron chi connectivity index (χ1n) is 10.9. The van der Waals surface area contributed by atoms with Crippen molar-refractivity contribution < 1.29 is 13.2 Å². The van der Waals surface area contributed by atoms with E-state index in [1.807, 2.05) is 0 Å². The third-order valence-corrected chi connectivity index (χ3v) is 6.97. The van der Waals surface area contributed by atoms with Crippen LogP contribution in [0.5, 0.6) is 0 Å². The van der Waals surface area contributed by atoms with Gasteiger partial charge in [-0.05, 0) is 63.6 Å². The summed E-state index contributed by atoms with van der Waals surface area (Å²) in [7, 11) is -3.74. The van der Waals surface area contributed by atoms with E-state index in [1.54, 1.807) is 82.3 Å². The molecule has 0 fully saturated rings. The molecule has 0 spiro atoms. The first-order valence-corrected chi connectivity index (χ1v) is 12.4. The SMILES string of the molecule is Cc1nc2c(C(=O)Nc3ccc(-c4ccccc4S(=O)(=O)NC(C)(C)C)cc3)cc(C#N)cc2[nH]1. The number of nitrogens with zero attached hydrogens (tertiary/aromatic N) is 2. The minimum Gasteiger partial charge on any atom is -0.342 e. The number of aromatic amines is 1. The maximum atomic E-state index is 13.0. The predicted molar refractivity (Wildman–Crippen MR) is 135 cm³/mol. The number of aromatic nitrogens is 2. The summed E-state index contributed by atoms with van der Waals surface area (Å²) in [6.45, 7) is 7.14. The fourth-order valence-corrected chi connectivity index (χ4v) is 5.46. The van der Waals surface area contributed by atoms with Crippen LogP contribution in [0.2, 0.25) is 0 Å². The lowest BCUT2D eigenvalue weighted by atomic mass is 10.0. The van der Waals surface area contributed by atoms with Gasteiger partial charge in [0, 0.05) is 16.8 Å². The van der Waals surface area contributed by atoms with Crippen LogP contribution in [0.4, 0.5) is 5.69 Å². The number of rotatable bonds is 5. The number of fused-ring (bicyclic) bond motifs is 1. The third-order valence-electron chi connectivity index (χ3n) is 5.15.